The molecule has 0 unspecified atom stereocenters. The first-order chi connectivity index (χ1) is 14.1. The predicted octanol–water partition coefficient (Wildman–Crippen LogP) is 4.33. The molecule has 7 nitrogen and oxygen atoms in total. The normalized spacial score (nSPS) is 10.7. The number of ether oxygens (including phenoxy) is 2. The number of aromatic nitrogens is 3. The van der Waals surface area contributed by atoms with Crippen LogP contribution in [0.3, 0.4) is 0 Å². The van der Waals surface area contributed by atoms with Gasteiger partial charge in [0.1, 0.15) is 5.01 Å². The maximum Gasteiger partial charge on any atom is 0.258 e. The lowest BCUT2D eigenvalue weighted by molar-refractivity contribution is 0.102. The van der Waals surface area contributed by atoms with Crippen molar-refractivity contribution in [1.82, 2.24) is 15.2 Å². The maximum absolute atomic E-state index is 13.0. The van der Waals surface area contributed by atoms with Gasteiger partial charge in [-0.2, -0.15) is 0 Å². The van der Waals surface area contributed by atoms with Crippen LogP contribution in [0.5, 0.6) is 11.5 Å². The summed E-state index contributed by atoms with van der Waals surface area (Å²) in [6, 6.07) is 14.8. The van der Waals surface area contributed by atoms with E-state index in [1.54, 1.807) is 20.3 Å². The van der Waals surface area contributed by atoms with Crippen molar-refractivity contribution < 1.29 is 14.3 Å². The number of carbonyl (C=O) groups is 1. The highest BCUT2D eigenvalue weighted by molar-refractivity contribution is 7.15. The Balaban J connectivity index is 1.81. The average Bonchev–Trinajstić information content (AvgIpc) is 3.16. The number of carbonyl (C=O) groups excluding carboxylic acids is 1. The van der Waals surface area contributed by atoms with Crippen molar-refractivity contribution in [2.45, 2.75) is 6.92 Å². The minimum Gasteiger partial charge on any atom is -0.493 e. The van der Waals surface area contributed by atoms with Crippen molar-refractivity contribution in [3.8, 4) is 22.8 Å². The number of amides is 1. The van der Waals surface area contributed by atoms with Gasteiger partial charge >= 0.3 is 0 Å². The molecule has 0 atom stereocenters. The molecule has 2 heterocycles. The number of pyridine rings is 1. The summed E-state index contributed by atoms with van der Waals surface area (Å²) < 4.78 is 10.7. The lowest BCUT2D eigenvalue weighted by atomic mass is 10.0. The molecule has 2 aromatic heterocycles. The molecule has 0 saturated carbocycles. The topological polar surface area (TPSA) is 86.2 Å². The van der Waals surface area contributed by atoms with Crippen LogP contribution in [0.2, 0.25) is 0 Å². The van der Waals surface area contributed by atoms with Gasteiger partial charge in [0.25, 0.3) is 5.91 Å². The van der Waals surface area contributed by atoms with Gasteiger partial charge in [-0.3, -0.25) is 10.1 Å². The fraction of sp³-hybridized carbons (Fsp3) is 0.143. The van der Waals surface area contributed by atoms with Gasteiger partial charge in [0.2, 0.25) is 5.13 Å². The smallest absolute Gasteiger partial charge is 0.258 e. The zero-order valence-corrected chi connectivity index (χ0v) is 16.9. The number of hydrogen-bond acceptors (Lipinski definition) is 7. The Morgan fingerprint density at radius 2 is 1.79 bits per heavy atom. The van der Waals surface area contributed by atoms with Crippen LogP contribution < -0.4 is 14.8 Å². The van der Waals surface area contributed by atoms with Crippen LogP contribution in [0.1, 0.15) is 15.4 Å². The molecular formula is C21H18N4O3S. The van der Waals surface area contributed by atoms with Gasteiger partial charge in [0, 0.05) is 10.9 Å². The van der Waals surface area contributed by atoms with Crippen LogP contribution in [0.15, 0.2) is 48.5 Å². The van der Waals surface area contributed by atoms with E-state index < -0.39 is 0 Å². The van der Waals surface area contributed by atoms with E-state index in [0.717, 1.165) is 21.5 Å². The first kappa shape index (κ1) is 18.8. The summed E-state index contributed by atoms with van der Waals surface area (Å²) in [4.78, 5) is 17.7. The van der Waals surface area contributed by atoms with Crippen molar-refractivity contribution in [2.24, 2.45) is 0 Å². The third-order valence-corrected chi connectivity index (χ3v) is 5.14. The number of nitrogens with one attached hydrogen (secondary N) is 1. The van der Waals surface area contributed by atoms with Crippen LogP contribution >= 0.6 is 11.3 Å². The first-order valence-electron chi connectivity index (χ1n) is 8.82. The number of methoxy groups -OCH3 is 2. The molecule has 4 rings (SSSR count). The number of para-hydroxylation sites is 1. The Labute approximate surface area is 171 Å². The summed E-state index contributed by atoms with van der Waals surface area (Å²) in [5, 5.41) is 12.7. The Hall–Kier alpha value is -3.52. The number of anilines is 1. The third-order valence-electron chi connectivity index (χ3n) is 4.39. The third kappa shape index (κ3) is 3.74. The van der Waals surface area contributed by atoms with E-state index in [1.807, 2.05) is 49.4 Å². The Morgan fingerprint density at radius 3 is 2.52 bits per heavy atom. The number of nitrogens with zero attached hydrogens (tertiary/aromatic N) is 3. The number of fused-ring (bicyclic) bond motifs is 1. The summed E-state index contributed by atoms with van der Waals surface area (Å²) in [6.45, 7) is 1.84. The van der Waals surface area contributed by atoms with Crippen molar-refractivity contribution in [3.05, 3.63) is 59.1 Å². The van der Waals surface area contributed by atoms with E-state index in [1.165, 1.54) is 11.3 Å². The number of aryl methyl sites for hydroxylation is 1. The quantitative estimate of drug-likeness (QED) is 0.531. The second-order valence-corrected chi connectivity index (χ2v) is 7.40. The van der Waals surface area contributed by atoms with Gasteiger partial charge in [0.05, 0.1) is 31.0 Å². The van der Waals surface area contributed by atoms with Crippen LogP contribution in [0.4, 0.5) is 5.13 Å². The van der Waals surface area contributed by atoms with E-state index >= 15 is 0 Å². The molecular weight excluding hydrogens is 388 g/mol. The van der Waals surface area contributed by atoms with Gasteiger partial charge in [-0.15, -0.1) is 10.2 Å². The lowest BCUT2D eigenvalue weighted by Gasteiger charge is -2.12. The van der Waals surface area contributed by atoms with E-state index in [2.05, 4.69) is 15.5 Å². The molecule has 1 N–H and O–H groups in total. The zero-order valence-electron chi connectivity index (χ0n) is 16.1. The molecule has 2 aromatic carbocycles. The summed E-state index contributed by atoms with van der Waals surface area (Å²) in [7, 11) is 3.17. The van der Waals surface area contributed by atoms with E-state index in [0.29, 0.717) is 27.9 Å². The van der Waals surface area contributed by atoms with Gasteiger partial charge in [-0.25, -0.2) is 4.98 Å². The monoisotopic (exact) mass is 406 g/mol. The molecule has 0 radical (unpaired) electrons. The highest BCUT2D eigenvalue weighted by atomic mass is 32.1. The summed E-state index contributed by atoms with van der Waals surface area (Å²) in [6.07, 6.45) is 0. The molecule has 0 spiro atoms. The first-order valence-corrected chi connectivity index (χ1v) is 9.64. The molecule has 4 aromatic rings. The standard InChI is InChI=1S/C21H18N4O3S/c1-12-24-25-21(29-12)23-20(26)15-11-17(22-16-7-5-4-6-14(15)16)13-8-9-18(27-2)19(10-13)28-3/h4-11H,1-3H3,(H,23,25,26). The molecule has 0 aliphatic heterocycles. The van der Waals surface area contributed by atoms with Gasteiger partial charge in [-0.05, 0) is 37.3 Å². The lowest BCUT2D eigenvalue weighted by Crippen LogP contribution is -2.13. The minimum absolute atomic E-state index is 0.263. The second kappa shape index (κ2) is 7.84. The summed E-state index contributed by atoms with van der Waals surface area (Å²) in [5.74, 6) is 0.957. The van der Waals surface area contributed by atoms with Gasteiger partial charge in [-0.1, -0.05) is 29.5 Å². The Morgan fingerprint density at radius 1 is 1.00 bits per heavy atom. The van der Waals surface area contributed by atoms with Gasteiger partial charge < -0.3 is 9.47 Å². The van der Waals surface area contributed by atoms with Crippen LogP contribution in [-0.2, 0) is 0 Å². The number of hydrogen-bond donors (Lipinski definition) is 1. The molecule has 8 heteroatoms. The van der Waals surface area contributed by atoms with Crippen LogP contribution in [0.25, 0.3) is 22.2 Å². The molecule has 0 bridgehead atoms. The molecule has 146 valence electrons. The van der Waals surface area contributed by atoms with Crippen LogP contribution in [-0.4, -0.2) is 35.3 Å². The highest BCUT2D eigenvalue weighted by Crippen LogP contribution is 2.33. The zero-order chi connectivity index (χ0) is 20.4. The second-order valence-electron chi connectivity index (χ2n) is 6.22. The highest BCUT2D eigenvalue weighted by Gasteiger charge is 2.16. The molecule has 1 amide bonds. The largest absolute Gasteiger partial charge is 0.493 e. The molecule has 0 aliphatic carbocycles. The molecule has 0 fully saturated rings. The van der Waals surface area contributed by atoms with E-state index in [-0.39, 0.29) is 5.91 Å². The Kier molecular flexibility index (Phi) is 5.09. The molecule has 0 aliphatic rings. The van der Waals surface area contributed by atoms with E-state index in [9.17, 15) is 4.79 Å². The summed E-state index contributed by atoms with van der Waals surface area (Å²) in [5.41, 5.74) is 2.70. The van der Waals surface area contributed by atoms with Crippen molar-refractivity contribution >= 4 is 33.3 Å². The van der Waals surface area contributed by atoms with Crippen molar-refractivity contribution in [2.75, 3.05) is 19.5 Å². The summed E-state index contributed by atoms with van der Waals surface area (Å²) >= 11 is 1.33. The maximum atomic E-state index is 13.0. The van der Waals surface area contributed by atoms with Crippen LogP contribution in [0, 0.1) is 6.92 Å². The van der Waals surface area contributed by atoms with Crippen molar-refractivity contribution in [1.29, 1.82) is 0 Å². The van der Waals surface area contributed by atoms with Crippen molar-refractivity contribution in [3.63, 3.8) is 0 Å². The number of rotatable bonds is 5. The molecule has 0 saturated heterocycles. The SMILES string of the molecule is COc1ccc(-c2cc(C(=O)Nc3nnc(C)s3)c3ccccc3n2)cc1OC. The van der Waals surface area contributed by atoms with E-state index in [4.69, 9.17) is 14.5 Å². The fourth-order valence-electron chi connectivity index (χ4n) is 3.02. The van der Waals surface area contributed by atoms with Gasteiger partial charge in [0.15, 0.2) is 11.5 Å². The number of benzene rings is 2. The Bertz CT molecular complexity index is 1210. The molecule has 29 heavy (non-hydrogen) atoms. The fourth-order valence-corrected chi connectivity index (χ4v) is 3.61. The minimum atomic E-state index is -0.263. The average molecular weight is 406 g/mol. The predicted molar refractivity (Wildman–Crippen MR) is 113 cm³/mol.